The van der Waals surface area contributed by atoms with Crippen LogP contribution in [-0.4, -0.2) is 19.4 Å². The van der Waals surface area contributed by atoms with Gasteiger partial charge in [-0.05, 0) is 18.1 Å². The standard InChI is InChI=1S/C10H12BrF2N/c1-14(2)10-7(5-6-11)3-4-8(12)9(10)13/h3-4H,5-6H2,1-2H3. The Morgan fingerprint density at radius 3 is 2.43 bits per heavy atom. The van der Waals surface area contributed by atoms with E-state index in [0.29, 0.717) is 12.1 Å². The van der Waals surface area contributed by atoms with Gasteiger partial charge in [-0.3, -0.25) is 0 Å². The maximum Gasteiger partial charge on any atom is 0.182 e. The summed E-state index contributed by atoms with van der Waals surface area (Å²) in [5.74, 6) is -1.57. The average Bonchev–Trinajstić information content (AvgIpc) is 2.11. The Morgan fingerprint density at radius 2 is 1.93 bits per heavy atom. The zero-order chi connectivity index (χ0) is 10.7. The minimum Gasteiger partial charge on any atom is -0.375 e. The predicted molar refractivity (Wildman–Crippen MR) is 58.2 cm³/mol. The second-order valence-electron chi connectivity index (χ2n) is 3.20. The minimum atomic E-state index is -0.799. The lowest BCUT2D eigenvalue weighted by Crippen LogP contribution is -2.14. The Bertz CT molecular complexity index is 326. The van der Waals surface area contributed by atoms with Gasteiger partial charge in [0.2, 0.25) is 0 Å². The number of alkyl halides is 1. The second-order valence-corrected chi connectivity index (χ2v) is 4.00. The fourth-order valence-electron chi connectivity index (χ4n) is 1.37. The molecule has 1 rings (SSSR count). The summed E-state index contributed by atoms with van der Waals surface area (Å²) in [4.78, 5) is 1.59. The summed E-state index contributed by atoms with van der Waals surface area (Å²) in [6.45, 7) is 0. The van der Waals surface area contributed by atoms with Crippen LogP contribution >= 0.6 is 15.9 Å². The van der Waals surface area contributed by atoms with E-state index in [4.69, 9.17) is 0 Å². The molecule has 78 valence electrons. The molecule has 0 radical (unpaired) electrons. The second kappa shape index (κ2) is 4.73. The monoisotopic (exact) mass is 263 g/mol. The van der Waals surface area contributed by atoms with Gasteiger partial charge >= 0.3 is 0 Å². The van der Waals surface area contributed by atoms with Gasteiger partial charge in [-0.2, -0.15) is 0 Å². The van der Waals surface area contributed by atoms with E-state index >= 15 is 0 Å². The lowest BCUT2D eigenvalue weighted by Gasteiger charge is -2.18. The molecule has 1 aromatic rings. The molecule has 1 aromatic carbocycles. The first-order valence-electron chi connectivity index (χ1n) is 4.28. The van der Waals surface area contributed by atoms with Gasteiger partial charge in [0.15, 0.2) is 11.6 Å². The van der Waals surface area contributed by atoms with Crippen LogP contribution in [0.1, 0.15) is 5.56 Å². The molecule has 0 aliphatic rings. The van der Waals surface area contributed by atoms with Crippen molar-refractivity contribution >= 4 is 21.6 Å². The van der Waals surface area contributed by atoms with Crippen LogP contribution in [0.25, 0.3) is 0 Å². The molecule has 0 N–H and O–H groups in total. The molecule has 0 heterocycles. The van der Waals surface area contributed by atoms with Crippen LogP contribution in [0.3, 0.4) is 0 Å². The summed E-state index contributed by atoms with van der Waals surface area (Å²) in [5.41, 5.74) is 1.15. The molecule has 0 aliphatic heterocycles. The van der Waals surface area contributed by atoms with E-state index in [9.17, 15) is 8.78 Å². The molecule has 1 nitrogen and oxygen atoms in total. The van der Waals surface area contributed by atoms with Gasteiger partial charge in [-0.15, -0.1) is 0 Å². The SMILES string of the molecule is CN(C)c1c(CCBr)ccc(F)c1F. The smallest absolute Gasteiger partial charge is 0.182 e. The van der Waals surface area contributed by atoms with Crippen molar-refractivity contribution in [1.82, 2.24) is 0 Å². The molecule has 0 aromatic heterocycles. The van der Waals surface area contributed by atoms with Crippen molar-refractivity contribution in [2.75, 3.05) is 24.3 Å². The number of nitrogens with zero attached hydrogens (tertiary/aromatic N) is 1. The average molecular weight is 264 g/mol. The molecule has 0 unspecified atom stereocenters. The first kappa shape index (κ1) is 11.4. The van der Waals surface area contributed by atoms with Crippen molar-refractivity contribution in [3.63, 3.8) is 0 Å². The van der Waals surface area contributed by atoms with Crippen LogP contribution in [0.5, 0.6) is 0 Å². The van der Waals surface area contributed by atoms with Gasteiger partial charge in [0.25, 0.3) is 0 Å². The van der Waals surface area contributed by atoms with Gasteiger partial charge in [0.1, 0.15) is 0 Å². The van der Waals surface area contributed by atoms with Crippen LogP contribution in [0, 0.1) is 11.6 Å². The van der Waals surface area contributed by atoms with Crippen molar-refractivity contribution < 1.29 is 8.78 Å². The summed E-state index contributed by atoms with van der Waals surface area (Å²) >= 11 is 3.28. The zero-order valence-electron chi connectivity index (χ0n) is 8.15. The maximum atomic E-state index is 13.4. The molecule has 0 saturated carbocycles. The Labute approximate surface area is 90.8 Å². The van der Waals surface area contributed by atoms with Crippen molar-refractivity contribution in [1.29, 1.82) is 0 Å². The van der Waals surface area contributed by atoms with Gasteiger partial charge in [0.05, 0.1) is 5.69 Å². The maximum absolute atomic E-state index is 13.4. The van der Waals surface area contributed by atoms with E-state index in [1.54, 1.807) is 25.1 Å². The van der Waals surface area contributed by atoms with Gasteiger partial charge < -0.3 is 4.90 Å². The summed E-state index contributed by atoms with van der Waals surface area (Å²) in [6.07, 6.45) is 0.685. The summed E-state index contributed by atoms with van der Waals surface area (Å²) in [7, 11) is 3.41. The predicted octanol–water partition coefficient (Wildman–Crippen LogP) is 2.97. The van der Waals surface area contributed by atoms with Crippen LogP contribution in [0.15, 0.2) is 12.1 Å². The molecule has 0 amide bonds. The largest absolute Gasteiger partial charge is 0.375 e. The first-order valence-corrected chi connectivity index (χ1v) is 5.40. The third-order valence-corrected chi connectivity index (χ3v) is 2.36. The number of rotatable bonds is 3. The van der Waals surface area contributed by atoms with Crippen LogP contribution in [0.4, 0.5) is 14.5 Å². The van der Waals surface area contributed by atoms with Crippen molar-refractivity contribution in [2.24, 2.45) is 0 Å². The third-order valence-electron chi connectivity index (χ3n) is 1.96. The molecule has 0 fully saturated rings. The molecule has 0 spiro atoms. The van der Waals surface area contributed by atoms with E-state index in [0.717, 1.165) is 10.9 Å². The van der Waals surface area contributed by atoms with E-state index in [1.165, 1.54) is 6.07 Å². The molecule has 4 heteroatoms. The lowest BCUT2D eigenvalue weighted by atomic mass is 10.1. The van der Waals surface area contributed by atoms with Gasteiger partial charge in [0, 0.05) is 19.4 Å². The quantitative estimate of drug-likeness (QED) is 0.758. The third kappa shape index (κ3) is 2.23. The highest BCUT2D eigenvalue weighted by molar-refractivity contribution is 9.09. The van der Waals surface area contributed by atoms with E-state index < -0.39 is 11.6 Å². The van der Waals surface area contributed by atoms with E-state index in [-0.39, 0.29) is 0 Å². The highest BCUT2D eigenvalue weighted by Crippen LogP contribution is 2.25. The summed E-state index contributed by atoms with van der Waals surface area (Å²) < 4.78 is 26.4. The Balaban J connectivity index is 3.23. The first-order chi connectivity index (χ1) is 6.57. The highest BCUT2D eigenvalue weighted by Gasteiger charge is 2.14. The van der Waals surface area contributed by atoms with E-state index in [1.807, 2.05) is 0 Å². The number of aryl methyl sites for hydroxylation is 1. The van der Waals surface area contributed by atoms with Crippen molar-refractivity contribution in [3.05, 3.63) is 29.3 Å². The Hall–Kier alpha value is -0.640. The van der Waals surface area contributed by atoms with Crippen LogP contribution in [0.2, 0.25) is 0 Å². The van der Waals surface area contributed by atoms with E-state index in [2.05, 4.69) is 15.9 Å². The summed E-state index contributed by atoms with van der Waals surface area (Å²) in [6, 6.07) is 2.79. The van der Waals surface area contributed by atoms with Crippen molar-refractivity contribution in [2.45, 2.75) is 6.42 Å². The number of halogens is 3. The lowest BCUT2D eigenvalue weighted by molar-refractivity contribution is 0.507. The fraction of sp³-hybridized carbons (Fsp3) is 0.400. The number of benzene rings is 1. The molecular formula is C10H12BrF2N. The van der Waals surface area contributed by atoms with Crippen molar-refractivity contribution in [3.8, 4) is 0 Å². The molecule has 0 saturated heterocycles. The number of anilines is 1. The topological polar surface area (TPSA) is 3.24 Å². The zero-order valence-corrected chi connectivity index (χ0v) is 9.74. The Kier molecular flexibility index (Phi) is 3.86. The fourth-order valence-corrected chi connectivity index (χ4v) is 1.79. The molecule has 0 atom stereocenters. The minimum absolute atomic E-state index is 0.337. The number of hydrogen-bond donors (Lipinski definition) is 0. The molecule has 0 aliphatic carbocycles. The molecular weight excluding hydrogens is 252 g/mol. The molecule has 0 bridgehead atoms. The van der Waals surface area contributed by atoms with Crippen LogP contribution in [-0.2, 0) is 6.42 Å². The molecule has 14 heavy (non-hydrogen) atoms. The number of hydrogen-bond acceptors (Lipinski definition) is 1. The normalized spacial score (nSPS) is 10.4. The summed E-state index contributed by atoms with van der Waals surface area (Å²) in [5, 5.41) is 0.735. The van der Waals surface area contributed by atoms with Gasteiger partial charge in [-0.25, -0.2) is 8.78 Å². The van der Waals surface area contributed by atoms with Gasteiger partial charge in [-0.1, -0.05) is 22.0 Å². The Morgan fingerprint density at radius 1 is 1.29 bits per heavy atom. The highest BCUT2D eigenvalue weighted by atomic mass is 79.9. The van der Waals surface area contributed by atoms with Crippen LogP contribution < -0.4 is 4.90 Å².